The molecule has 7 nitrogen and oxygen atoms in total. The summed E-state index contributed by atoms with van der Waals surface area (Å²) in [6, 6.07) is 6.03. The van der Waals surface area contributed by atoms with Gasteiger partial charge in [-0.1, -0.05) is 30.7 Å². The maximum atomic E-state index is 12.2. The lowest BCUT2D eigenvalue weighted by atomic mass is 10.00. The summed E-state index contributed by atoms with van der Waals surface area (Å²) < 4.78 is 5.45. The molecule has 0 radical (unpaired) electrons. The number of hydrazine groups is 1. The Kier molecular flexibility index (Phi) is 4.79. The van der Waals surface area contributed by atoms with E-state index in [0.29, 0.717) is 22.2 Å². The summed E-state index contributed by atoms with van der Waals surface area (Å²) in [5.41, 5.74) is 1.26. The highest BCUT2D eigenvalue weighted by molar-refractivity contribution is 6.32. The van der Waals surface area contributed by atoms with Gasteiger partial charge in [-0.2, -0.15) is 5.01 Å². The fraction of sp³-hybridized carbons (Fsp3) is 0.400. The molecular formula is C15H18ClN3O4. The number of hydrogen-bond acceptors (Lipinski definition) is 4. The van der Waals surface area contributed by atoms with Crippen LogP contribution in [0.3, 0.4) is 0 Å². The highest BCUT2D eigenvalue weighted by Gasteiger charge is 2.47. The molecule has 0 bridgehead atoms. The van der Waals surface area contributed by atoms with Crippen molar-refractivity contribution in [3.63, 3.8) is 0 Å². The van der Waals surface area contributed by atoms with Crippen molar-refractivity contribution in [2.75, 3.05) is 0 Å². The summed E-state index contributed by atoms with van der Waals surface area (Å²) in [6.07, 6.45) is -0.528. The third kappa shape index (κ3) is 3.39. The second-order valence-electron chi connectivity index (χ2n) is 5.42. The van der Waals surface area contributed by atoms with Crippen LogP contribution >= 0.6 is 11.6 Å². The molecule has 1 aliphatic rings. The Balaban J connectivity index is 2.03. The number of imide groups is 1. The summed E-state index contributed by atoms with van der Waals surface area (Å²) in [5, 5.41) is 3.58. The van der Waals surface area contributed by atoms with Crippen molar-refractivity contribution in [1.29, 1.82) is 0 Å². The van der Waals surface area contributed by atoms with E-state index in [1.165, 1.54) is 6.92 Å². The minimum absolute atomic E-state index is 0.340. The molecule has 1 aromatic rings. The van der Waals surface area contributed by atoms with E-state index in [4.69, 9.17) is 16.3 Å². The molecule has 0 aromatic heterocycles. The van der Waals surface area contributed by atoms with E-state index in [1.807, 2.05) is 0 Å². The minimum atomic E-state index is -1.02. The average Bonchev–Trinajstić information content (AvgIpc) is 2.73. The molecule has 1 aliphatic heterocycles. The van der Waals surface area contributed by atoms with Crippen LogP contribution in [-0.2, 0) is 9.59 Å². The molecular weight excluding hydrogens is 322 g/mol. The topological polar surface area (TPSA) is 87.7 Å². The summed E-state index contributed by atoms with van der Waals surface area (Å²) >= 11 is 5.96. The smallest absolute Gasteiger partial charge is 0.344 e. The van der Waals surface area contributed by atoms with Gasteiger partial charge in [-0.15, -0.1) is 0 Å². The minimum Gasteiger partial charge on any atom is -0.479 e. The number of carbonyl (C=O) groups is 3. The average molecular weight is 340 g/mol. The Morgan fingerprint density at radius 2 is 2.09 bits per heavy atom. The van der Waals surface area contributed by atoms with Crippen molar-refractivity contribution in [2.24, 2.45) is 0 Å². The van der Waals surface area contributed by atoms with Crippen molar-refractivity contribution < 1.29 is 19.1 Å². The number of carbonyl (C=O) groups excluding carboxylic acids is 3. The van der Waals surface area contributed by atoms with Gasteiger partial charge in [0.25, 0.3) is 11.8 Å². The highest BCUT2D eigenvalue weighted by Crippen LogP contribution is 2.24. The quantitative estimate of drug-likeness (QED) is 0.801. The normalized spacial score (nSPS) is 21.8. The fourth-order valence-electron chi connectivity index (χ4n) is 2.01. The van der Waals surface area contributed by atoms with Crippen LogP contribution in [0, 0.1) is 0 Å². The van der Waals surface area contributed by atoms with Gasteiger partial charge in [-0.3, -0.25) is 15.0 Å². The lowest BCUT2D eigenvalue weighted by Crippen LogP contribution is -2.51. The predicted molar refractivity (Wildman–Crippen MR) is 83.8 cm³/mol. The number of para-hydroxylation sites is 1. The standard InChI is InChI=1S/C15H18ClN3O4/c1-4-15(3)13(21)19(14(22)17-15)18-12(20)9(2)23-11-8-6-5-7-10(11)16/h5-9H,4H2,1-3H3,(H,17,22)(H,18,20). The Morgan fingerprint density at radius 1 is 1.43 bits per heavy atom. The van der Waals surface area contributed by atoms with Gasteiger partial charge >= 0.3 is 6.03 Å². The van der Waals surface area contributed by atoms with E-state index in [2.05, 4.69) is 10.7 Å². The van der Waals surface area contributed by atoms with Gasteiger partial charge in [0, 0.05) is 0 Å². The van der Waals surface area contributed by atoms with Crippen molar-refractivity contribution >= 4 is 29.4 Å². The molecule has 1 saturated heterocycles. The van der Waals surface area contributed by atoms with E-state index >= 15 is 0 Å². The SMILES string of the molecule is CCC1(C)NC(=O)N(NC(=O)C(C)Oc2ccccc2Cl)C1=O. The van der Waals surface area contributed by atoms with E-state index in [9.17, 15) is 14.4 Å². The second kappa shape index (κ2) is 6.45. The zero-order valence-electron chi connectivity index (χ0n) is 13.1. The lowest BCUT2D eigenvalue weighted by Gasteiger charge is -2.21. The van der Waals surface area contributed by atoms with Crippen LogP contribution in [0.4, 0.5) is 4.79 Å². The fourth-order valence-corrected chi connectivity index (χ4v) is 2.19. The van der Waals surface area contributed by atoms with Crippen LogP contribution in [-0.4, -0.2) is 34.5 Å². The second-order valence-corrected chi connectivity index (χ2v) is 5.83. The van der Waals surface area contributed by atoms with Crippen LogP contribution in [0.25, 0.3) is 0 Å². The number of ether oxygens (including phenoxy) is 1. The third-order valence-corrected chi connectivity index (χ3v) is 4.01. The summed E-state index contributed by atoms with van der Waals surface area (Å²) in [7, 11) is 0. The molecule has 0 aliphatic carbocycles. The van der Waals surface area contributed by atoms with E-state index in [1.54, 1.807) is 38.1 Å². The predicted octanol–water partition coefficient (Wildman–Crippen LogP) is 1.86. The molecule has 23 heavy (non-hydrogen) atoms. The first-order valence-electron chi connectivity index (χ1n) is 7.17. The largest absolute Gasteiger partial charge is 0.479 e. The molecule has 2 N–H and O–H groups in total. The molecule has 8 heteroatoms. The van der Waals surface area contributed by atoms with Crippen molar-refractivity contribution in [3.05, 3.63) is 29.3 Å². The molecule has 2 rings (SSSR count). The number of amides is 4. The van der Waals surface area contributed by atoms with Crippen molar-refractivity contribution in [3.8, 4) is 5.75 Å². The number of hydrogen-bond donors (Lipinski definition) is 2. The number of urea groups is 1. The molecule has 2 atom stereocenters. The van der Waals surface area contributed by atoms with Gasteiger partial charge in [0.05, 0.1) is 5.02 Å². The maximum absolute atomic E-state index is 12.2. The van der Waals surface area contributed by atoms with Gasteiger partial charge in [0.1, 0.15) is 11.3 Å². The van der Waals surface area contributed by atoms with Crippen molar-refractivity contribution in [1.82, 2.24) is 15.8 Å². The Bertz CT molecular complexity index is 651. The van der Waals surface area contributed by atoms with Gasteiger partial charge < -0.3 is 10.1 Å². The van der Waals surface area contributed by atoms with E-state index in [-0.39, 0.29) is 0 Å². The van der Waals surface area contributed by atoms with Crippen molar-refractivity contribution in [2.45, 2.75) is 38.8 Å². The number of halogens is 1. The van der Waals surface area contributed by atoms with Crippen LogP contribution < -0.4 is 15.5 Å². The Hall–Kier alpha value is -2.28. The van der Waals surface area contributed by atoms with Crippen LogP contribution in [0.15, 0.2) is 24.3 Å². The third-order valence-electron chi connectivity index (χ3n) is 3.70. The number of benzene rings is 1. The van der Waals surface area contributed by atoms with Crippen LogP contribution in [0.1, 0.15) is 27.2 Å². The Morgan fingerprint density at radius 3 is 2.65 bits per heavy atom. The number of nitrogens with one attached hydrogen (secondary N) is 2. The lowest BCUT2D eigenvalue weighted by molar-refractivity contribution is -0.141. The first kappa shape index (κ1) is 17.1. The maximum Gasteiger partial charge on any atom is 0.344 e. The number of rotatable bonds is 5. The summed E-state index contributed by atoms with van der Waals surface area (Å²) in [5.74, 6) is -0.801. The van der Waals surface area contributed by atoms with Gasteiger partial charge in [-0.25, -0.2) is 4.79 Å². The monoisotopic (exact) mass is 339 g/mol. The van der Waals surface area contributed by atoms with Crippen LogP contribution in [0.5, 0.6) is 5.75 Å². The molecule has 1 heterocycles. The number of nitrogens with zero attached hydrogens (tertiary/aromatic N) is 1. The molecule has 4 amide bonds. The molecule has 0 saturated carbocycles. The first-order chi connectivity index (χ1) is 10.8. The molecule has 124 valence electrons. The Labute approximate surface area is 138 Å². The van der Waals surface area contributed by atoms with Gasteiger partial charge in [-0.05, 0) is 32.4 Å². The molecule has 2 unspecified atom stereocenters. The molecule has 1 fully saturated rings. The molecule has 0 spiro atoms. The summed E-state index contributed by atoms with van der Waals surface area (Å²) in [6.45, 7) is 4.87. The summed E-state index contributed by atoms with van der Waals surface area (Å²) in [4.78, 5) is 36.2. The van der Waals surface area contributed by atoms with Crippen LogP contribution in [0.2, 0.25) is 5.02 Å². The zero-order valence-corrected chi connectivity index (χ0v) is 13.8. The van der Waals surface area contributed by atoms with Gasteiger partial charge in [0.15, 0.2) is 6.10 Å². The highest BCUT2D eigenvalue weighted by atomic mass is 35.5. The van der Waals surface area contributed by atoms with E-state index < -0.39 is 29.5 Å². The van der Waals surface area contributed by atoms with E-state index in [0.717, 1.165) is 0 Å². The first-order valence-corrected chi connectivity index (χ1v) is 7.54. The van der Waals surface area contributed by atoms with Gasteiger partial charge in [0.2, 0.25) is 0 Å². The molecule has 1 aromatic carbocycles. The zero-order chi connectivity index (χ0) is 17.2.